The van der Waals surface area contributed by atoms with Gasteiger partial charge < -0.3 is 4.74 Å². The number of halogens is 1. The monoisotopic (exact) mass is 310 g/mol. The van der Waals surface area contributed by atoms with Crippen LogP contribution in [-0.2, 0) is 4.74 Å². The molecule has 1 unspecified atom stereocenters. The summed E-state index contributed by atoms with van der Waals surface area (Å²) in [6.45, 7) is 5.87. The van der Waals surface area contributed by atoms with Crippen molar-refractivity contribution >= 4 is 21.9 Å². The zero-order chi connectivity index (χ0) is 13.4. The van der Waals surface area contributed by atoms with E-state index in [1.165, 1.54) is 0 Å². The first-order valence-corrected chi connectivity index (χ1v) is 7.05. The fraction of sp³-hybridized carbons (Fsp3) is 0.400. The average Bonchev–Trinajstić information content (AvgIpc) is 2.38. The molecule has 1 rings (SSSR count). The van der Waals surface area contributed by atoms with Gasteiger partial charge in [-0.05, 0) is 37.1 Å². The van der Waals surface area contributed by atoms with Crippen molar-refractivity contribution < 1.29 is 9.53 Å². The Morgan fingerprint density at radius 2 is 2.06 bits per heavy atom. The topological polar surface area (TPSA) is 26.3 Å². The summed E-state index contributed by atoms with van der Waals surface area (Å²) in [5.74, 6) is -0.288. The predicted molar refractivity (Wildman–Crippen MR) is 77.7 cm³/mol. The van der Waals surface area contributed by atoms with Crippen molar-refractivity contribution in [1.29, 1.82) is 0 Å². The lowest BCUT2D eigenvalue weighted by atomic mass is 10.1. The zero-order valence-corrected chi connectivity index (χ0v) is 12.3. The number of rotatable bonds is 7. The predicted octanol–water partition coefficient (Wildman–Crippen LogP) is 4.74. The third-order valence-corrected chi connectivity index (χ3v) is 3.22. The second-order valence-electron chi connectivity index (χ2n) is 4.18. The van der Waals surface area contributed by atoms with Crippen LogP contribution >= 0.6 is 15.9 Å². The summed E-state index contributed by atoms with van der Waals surface area (Å²) in [5.41, 5.74) is 0.570. The van der Waals surface area contributed by atoms with Crippen LogP contribution in [0.4, 0.5) is 0 Å². The van der Waals surface area contributed by atoms with E-state index < -0.39 is 0 Å². The molecule has 0 aromatic heterocycles. The number of esters is 1. The Morgan fingerprint density at radius 1 is 1.39 bits per heavy atom. The highest BCUT2D eigenvalue weighted by Crippen LogP contribution is 2.14. The van der Waals surface area contributed by atoms with E-state index in [4.69, 9.17) is 4.74 Å². The van der Waals surface area contributed by atoms with Gasteiger partial charge in [-0.3, -0.25) is 0 Å². The van der Waals surface area contributed by atoms with Gasteiger partial charge in [0.25, 0.3) is 0 Å². The highest BCUT2D eigenvalue weighted by atomic mass is 79.9. The van der Waals surface area contributed by atoms with Crippen LogP contribution in [0.2, 0.25) is 0 Å². The van der Waals surface area contributed by atoms with Crippen LogP contribution in [0.25, 0.3) is 0 Å². The minimum absolute atomic E-state index is 0.187. The molecule has 98 valence electrons. The Bertz CT molecular complexity index is 384. The zero-order valence-electron chi connectivity index (χ0n) is 10.7. The quantitative estimate of drug-likeness (QED) is 0.413. The molecule has 0 saturated carbocycles. The summed E-state index contributed by atoms with van der Waals surface area (Å²) >= 11 is 3.33. The van der Waals surface area contributed by atoms with E-state index in [2.05, 4.69) is 29.4 Å². The Labute approximate surface area is 117 Å². The van der Waals surface area contributed by atoms with E-state index in [0.717, 1.165) is 30.2 Å². The van der Waals surface area contributed by atoms with E-state index in [-0.39, 0.29) is 12.1 Å². The van der Waals surface area contributed by atoms with Crippen LogP contribution in [0.1, 0.15) is 43.0 Å². The number of unbranched alkanes of at least 4 members (excludes halogenated alkanes) is 2. The molecule has 0 saturated heterocycles. The molecule has 0 aliphatic heterocycles. The Hall–Kier alpha value is -1.09. The summed E-state index contributed by atoms with van der Waals surface area (Å²) in [7, 11) is 0. The van der Waals surface area contributed by atoms with Gasteiger partial charge in [-0.25, -0.2) is 4.79 Å². The molecule has 0 fully saturated rings. The molecule has 0 spiro atoms. The molecule has 0 heterocycles. The second-order valence-corrected chi connectivity index (χ2v) is 5.10. The molecule has 1 aromatic rings. The third kappa shape index (κ3) is 5.05. The van der Waals surface area contributed by atoms with Crippen molar-refractivity contribution in [2.75, 3.05) is 0 Å². The molecule has 2 nitrogen and oxygen atoms in total. The second kappa shape index (κ2) is 8.09. The van der Waals surface area contributed by atoms with E-state index >= 15 is 0 Å². The number of hydrogen-bond acceptors (Lipinski definition) is 2. The smallest absolute Gasteiger partial charge is 0.338 e. The molecule has 18 heavy (non-hydrogen) atoms. The van der Waals surface area contributed by atoms with Crippen LogP contribution in [0.3, 0.4) is 0 Å². The maximum absolute atomic E-state index is 11.9. The van der Waals surface area contributed by atoms with E-state index in [9.17, 15) is 4.79 Å². The first-order chi connectivity index (χ1) is 8.67. The van der Waals surface area contributed by atoms with Gasteiger partial charge in [-0.1, -0.05) is 48.4 Å². The number of hydrogen-bond donors (Lipinski definition) is 0. The normalized spacial score (nSPS) is 11.9. The summed E-state index contributed by atoms with van der Waals surface area (Å²) in [4.78, 5) is 11.9. The molecule has 0 N–H and O–H groups in total. The number of ether oxygens (including phenoxy) is 1. The van der Waals surface area contributed by atoms with Gasteiger partial charge in [-0.2, -0.15) is 0 Å². The fourth-order valence-electron chi connectivity index (χ4n) is 1.61. The minimum Gasteiger partial charge on any atom is -0.455 e. The Kier molecular flexibility index (Phi) is 6.73. The standard InChI is InChI=1S/C15H19BrO2/c1-3-5-6-7-14(4-2)18-15(17)12-8-10-13(16)11-9-12/h4,8-11,14H,2-3,5-7H2,1H3. The molecular formula is C15H19BrO2. The van der Waals surface area contributed by atoms with E-state index in [1.54, 1.807) is 18.2 Å². The van der Waals surface area contributed by atoms with Crippen LogP contribution < -0.4 is 0 Å². The summed E-state index contributed by atoms with van der Waals surface area (Å²) in [6, 6.07) is 7.16. The first kappa shape index (κ1) is 15.0. The lowest BCUT2D eigenvalue weighted by Crippen LogP contribution is -2.16. The van der Waals surface area contributed by atoms with Gasteiger partial charge in [0.2, 0.25) is 0 Å². The van der Waals surface area contributed by atoms with Crippen molar-refractivity contribution in [3.63, 3.8) is 0 Å². The molecule has 0 radical (unpaired) electrons. The molecule has 1 aromatic carbocycles. The molecule has 0 bridgehead atoms. The number of carbonyl (C=O) groups excluding carboxylic acids is 1. The van der Waals surface area contributed by atoms with Gasteiger partial charge in [0.1, 0.15) is 6.10 Å². The van der Waals surface area contributed by atoms with E-state index in [1.807, 2.05) is 12.1 Å². The molecule has 0 amide bonds. The van der Waals surface area contributed by atoms with Crippen LogP contribution in [0, 0.1) is 0 Å². The van der Waals surface area contributed by atoms with Crippen LogP contribution in [-0.4, -0.2) is 12.1 Å². The lowest BCUT2D eigenvalue weighted by Gasteiger charge is -2.13. The Morgan fingerprint density at radius 3 is 2.61 bits per heavy atom. The largest absolute Gasteiger partial charge is 0.455 e. The molecule has 3 heteroatoms. The van der Waals surface area contributed by atoms with Gasteiger partial charge in [0.15, 0.2) is 0 Å². The van der Waals surface area contributed by atoms with Crippen molar-refractivity contribution in [3.05, 3.63) is 47.0 Å². The Balaban J connectivity index is 2.51. The van der Waals surface area contributed by atoms with Gasteiger partial charge in [-0.15, -0.1) is 0 Å². The van der Waals surface area contributed by atoms with Crippen LogP contribution in [0.15, 0.2) is 41.4 Å². The molecule has 0 aliphatic carbocycles. The first-order valence-electron chi connectivity index (χ1n) is 6.26. The number of carbonyl (C=O) groups is 1. The SMILES string of the molecule is C=CC(CCCCC)OC(=O)c1ccc(Br)cc1. The van der Waals surface area contributed by atoms with E-state index in [0.29, 0.717) is 5.56 Å². The lowest BCUT2D eigenvalue weighted by molar-refractivity contribution is 0.0377. The third-order valence-electron chi connectivity index (χ3n) is 2.69. The van der Waals surface area contributed by atoms with Crippen LogP contribution in [0.5, 0.6) is 0 Å². The summed E-state index contributed by atoms with van der Waals surface area (Å²) in [6.07, 6.45) is 5.73. The summed E-state index contributed by atoms with van der Waals surface area (Å²) in [5, 5.41) is 0. The molecular weight excluding hydrogens is 292 g/mol. The van der Waals surface area contributed by atoms with Crippen molar-refractivity contribution in [2.45, 2.75) is 38.7 Å². The maximum Gasteiger partial charge on any atom is 0.338 e. The van der Waals surface area contributed by atoms with Gasteiger partial charge in [0.05, 0.1) is 5.56 Å². The number of benzene rings is 1. The van der Waals surface area contributed by atoms with Crippen molar-refractivity contribution in [3.8, 4) is 0 Å². The van der Waals surface area contributed by atoms with Crippen molar-refractivity contribution in [1.82, 2.24) is 0 Å². The van der Waals surface area contributed by atoms with Gasteiger partial charge in [0, 0.05) is 4.47 Å². The fourth-order valence-corrected chi connectivity index (χ4v) is 1.88. The maximum atomic E-state index is 11.9. The average molecular weight is 311 g/mol. The van der Waals surface area contributed by atoms with Gasteiger partial charge >= 0.3 is 5.97 Å². The minimum atomic E-state index is -0.288. The molecule has 1 atom stereocenters. The highest BCUT2D eigenvalue weighted by molar-refractivity contribution is 9.10. The summed E-state index contributed by atoms with van der Waals surface area (Å²) < 4.78 is 6.35. The molecule has 0 aliphatic rings. The van der Waals surface area contributed by atoms with Crippen molar-refractivity contribution in [2.24, 2.45) is 0 Å². The highest BCUT2D eigenvalue weighted by Gasteiger charge is 2.12.